The summed E-state index contributed by atoms with van der Waals surface area (Å²) in [5.74, 6) is -0.246. The summed E-state index contributed by atoms with van der Waals surface area (Å²) < 4.78 is 1.000. The number of rotatable bonds is 2. The van der Waals surface area contributed by atoms with Crippen LogP contribution < -0.4 is 11.1 Å². The topological polar surface area (TPSA) is 55.1 Å². The molecule has 0 radical (unpaired) electrons. The lowest BCUT2D eigenvalue weighted by molar-refractivity contribution is 0.103. The first-order valence-electron chi connectivity index (χ1n) is 6.09. The van der Waals surface area contributed by atoms with E-state index in [0.29, 0.717) is 26.3 Å². The van der Waals surface area contributed by atoms with Gasteiger partial charge in [-0.3, -0.25) is 4.79 Å². The van der Waals surface area contributed by atoms with Crippen LogP contribution in [0.3, 0.4) is 0 Å². The summed E-state index contributed by atoms with van der Waals surface area (Å²) in [5.41, 5.74) is 6.83. The van der Waals surface area contributed by atoms with E-state index in [1.807, 2.05) is 18.2 Å². The second kappa shape index (κ2) is 5.56. The van der Waals surface area contributed by atoms with Crippen molar-refractivity contribution in [1.29, 1.82) is 0 Å². The van der Waals surface area contributed by atoms with Crippen LogP contribution in [0.4, 0.5) is 11.4 Å². The van der Waals surface area contributed by atoms with E-state index in [2.05, 4.69) is 5.32 Å². The molecule has 0 aliphatic heterocycles. The Hall–Kier alpha value is -1.75. The third kappa shape index (κ3) is 2.83. The number of anilines is 2. The van der Waals surface area contributed by atoms with Crippen molar-refractivity contribution >= 4 is 61.9 Å². The highest BCUT2D eigenvalue weighted by molar-refractivity contribution is 7.20. The lowest BCUT2D eigenvalue weighted by Gasteiger charge is -2.07. The predicted molar refractivity (Wildman–Crippen MR) is 90.7 cm³/mol. The minimum absolute atomic E-state index is 0.246. The number of para-hydroxylation sites is 1. The Kier molecular flexibility index (Phi) is 3.76. The van der Waals surface area contributed by atoms with E-state index in [4.69, 9.17) is 28.9 Å². The average molecular weight is 337 g/mol. The maximum atomic E-state index is 12.3. The molecule has 3 nitrogen and oxygen atoms in total. The molecule has 0 unspecified atom stereocenters. The Bertz CT molecular complexity index is 825. The Labute approximate surface area is 135 Å². The number of halogens is 2. The van der Waals surface area contributed by atoms with Gasteiger partial charge < -0.3 is 11.1 Å². The molecule has 0 bridgehead atoms. The van der Waals surface area contributed by atoms with Crippen LogP contribution in [-0.4, -0.2) is 5.91 Å². The summed E-state index contributed by atoms with van der Waals surface area (Å²) in [4.78, 5) is 12.9. The molecule has 0 atom stereocenters. The standard InChI is InChI=1S/C15H10Cl2N2OS/c16-10-2-1-3-11(17)14(10)19-15(20)13-7-8-6-9(18)4-5-12(8)21-13/h1-7H,18H2,(H,19,20). The number of nitrogens with one attached hydrogen (secondary N) is 1. The highest BCUT2D eigenvalue weighted by Gasteiger charge is 2.14. The molecule has 0 aliphatic carbocycles. The van der Waals surface area contributed by atoms with E-state index in [-0.39, 0.29) is 5.91 Å². The van der Waals surface area contributed by atoms with Crippen LogP contribution in [0.2, 0.25) is 10.0 Å². The molecule has 1 amide bonds. The Morgan fingerprint density at radius 2 is 1.81 bits per heavy atom. The van der Waals surface area contributed by atoms with Crippen molar-refractivity contribution in [2.45, 2.75) is 0 Å². The predicted octanol–water partition coefficient (Wildman–Crippen LogP) is 5.04. The number of hydrogen-bond acceptors (Lipinski definition) is 3. The molecule has 0 spiro atoms. The zero-order valence-corrected chi connectivity index (χ0v) is 13.0. The van der Waals surface area contributed by atoms with E-state index in [9.17, 15) is 4.79 Å². The number of nitrogen functional groups attached to an aromatic ring is 1. The fraction of sp³-hybridized carbons (Fsp3) is 0. The van der Waals surface area contributed by atoms with Crippen LogP contribution in [0.5, 0.6) is 0 Å². The number of nitrogens with two attached hydrogens (primary N) is 1. The minimum Gasteiger partial charge on any atom is -0.399 e. The van der Waals surface area contributed by atoms with Crippen molar-refractivity contribution in [2.24, 2.45) is 0 Å². The monoisotopic (exact) mass is 336 g/mol. The van der Waals surface area contributed by atoms with Crippen LogP contribution in [-0.2, 0) is 0 Å². The Morgan fingerprint density at radius 1 is 1.10 bits per heavy atom. The summed E-state index contributed by atoms with van der Waals surface area (Å²) in [6, 6.07) is 12.4. The zero-order valence-electron chi connectivity index (χ0n) is 10.7. The zero-order chi connectivity index (χ0) is 15.0. The molecule has 1 heterocycles. The van der Waals surface area contributed by atoms with E-state index in [1.165, 1.54) is 11.3 Å². The van der Waals surface area contributed by atoms with Gasteiger partial charge in [-0.05, 0) is 41.8 Å². The van der Waals surface area contributed by atoms with Crippen molar-refractivity contribution in [3.63, 3.8) is 0 Å². The molecule has 0 aliphatic rings. The van der Waals surface area contributed by atoms with Gasteiger partial charge in [0, 0.05) is 10.4 Å². The van der Waals surface area contributed by atoms with Crippen molar-refractivity contribution in [3.8, 4) is 0 Å². The number of benzene rings is 2. The molecule has 3 rings (SSSR count). The number of thiophene rings is 1. The fourth-order valence-electron chi connectivity index (χ4n) is 1.97. The molecule has 6 heteroatoms. The number of carbonyl (C=O) groups is 1. The highest BCUT2D eigenvalue weighted by atomic mass is 35.5. The molecule has 0 saturated heterocycles. The maximum Gasteiger partial charge on any atom is 0.265 e. The van der Waals surface area contributed by atoms with E-state index < -0.39 is 0 Å². The number of amides is 1. The first kappa shape index (κ1) is 14.2. The largest absolute Gasteiger partial charge is 0.399 e. The van der Waals surface area contributed by atoms with Gasteiger partial charge in [-0.1, -0.05) is 29.3 Å². The normalized spacial score (nSPS) is 10.8. The van der Waals surface area contributed by atoms with Gasteiger partial charge >= 0.3 is 0 Å². The molecule has 0 saturated carbocycles. The number of carbonyl (C=O) groups excluding carboxylic acids is 1. The van der Waals surface area contributed by atoms with Crippen LogP contribution >= 0.6 is 34.5 Å². The Balaban J connectivity index is 1.94. The summed E-state index contributed by atoms with van der Waals surface area (Å²) in [7, 11) is 0. The van der Waals surface area contributed by atoms with Gasteiger partial charge in [0.25, 0.3) is 5.91 Å². The molecule has 1 aromatic heterocycles. The van der Waals surface area contributed by atoms with Crippen molar-refractivity contribution < 1.29 is 4.79 Å². The van der Waals surface area contributed by atoms with Gasteiger partial charge in [0.05, 0.1) is 20.6 Å². The first-order chi connectivity index (χ1) is 10.0. The molecule has 3 N–H and O–H groups in total. The molecule has 0 fully saturated rings. The first-order valence-corrected chi connectivity index (χ1v) is 7.66. The van der Waals surface area contributed by atoms with E-state index in [1.54, 1.807) is 24.3 Å². The second-order valence-corrected chi connectivity index (χ2v) is 6.36. The van der Waals surface area contributed by atoms with Crippen molar-refractivity contribution in [1.82, 2.24) is 0 Å². The van der Waals surface area contributed by atoms with Gasteiger partial charge in [-0.15, -0.1) is 11.3 Å². The third-order valence-electron chi connectivity index (χ3n) is 2.97. The minimum atomic E-state index is -0.246. The van der Waals surface area contributed by atoms with Crippen LogP contribution in [0.1, 0.15) is 9.67 Å². The summed E-state index contributed by atoms with van der Waals surface area (Å²) in [6.07, 6.45) is 0. The van der Waals surface area contributed by atoms with Gasteiger partial charge in [-0.2, -0.15) is 0 Å². The summed E-state index contributed by atoms with van der Waals surface area (Å²) in [6.45, 7) is 0. The highest BCUT2D eigenvalue weighted by Crippen LogP contribution is 2.32. The number of fused-ring (bicyclic) bond motifs is 1. The molecule has 3 aromatic rings. The summed E-state index contributed by atoms with van der Waals surface area (Å²) in [5, 5.41) is 4.49. The lowest BCUT2D eigenvalue weighted by Crippen LogP contribution is -2.10. The average Bonchev–Trinajstić information content (AvgIpc) is 2.86. The molecular formula is C15H10Cl2N2OS. The number of hydrogen-bond donors (Lipinski definition) is 2. The lowest BCUT2D eigenvalue weighted by atomic mass is 10.2. The molecule has 2 aromatic carbocycles. The van der Waals surface area contributed by atoms with E-state index >= 15 is 0 Å². The van der Waals surface area contributed by atoms with Crippen LogP contribution in [0, 0.1) is 0 Å². The smallest absolute Gasteiger partial charge is 0.265 e. The molecule has 21 heavy (non-hydrogen) atoms. The van der Waals surface area contributed by atoms with Crippen LogP contribution in [0.25, 0.3) is 10.1 Å². The molecule has 106 valence electrons. The molecular weight excluding hydrogens is 327 g/mol. The fourth-order valence-corrected chi connectivity index (χ4v) is 3.40. The van der Waals surface area contributed by atoms with Gasteiger partial charge in [0.15, 0.2) is 0 Å². The Morgan fingerprint density at radius 3 is 2.52 bits per heavy atom. The second-order valence-electron chi connectivity index (χ2n) is 4.46. The van der Waals surface area contributed by atoms with Crippen LogP contribution in [0.15, 0.2) is 42.5 Å². The van der Waals surface area contributed by atoms with Gasteiger partial charge in [0.2, 0.25) is 0 Å². The maximum absolute atomic E-state index is 12.3. The summed E-state index contributed by atoms with van der Waals surface area (Å²) >= 11 is 13.5. The quantitative estimate of drug-likeness (QED) is 0.644. The van der Waals surface area contributed by atoms with Gasteiger partial charge in [0.1, 0.15) is 0 Å². The van der Waals surface area contributed by atoms with Crippen molar-refractivity contribution in [3.05, 3.63) is 57.4 Å². The third-order valence-corrected chi connectivity index (χ3v) is 4.71. The SMILES string of the molecule is Nc1ccc2sc(C(=O)Nc3c(Cl)cccc3Cl)cc2c1. The van der Waals surface area contributed by atoms with Crippen molar-refractivity contribution in [2.75, 3.05) is 11.1 Å². The van der Waals surface area contributed by atoms with E-state index in [0.717, 1.165) is 10.1 Å². The van der Waals surface area contributed by atoms with Gasteiger partial charge in [-0.25, -0.2) is 0 Å².